The van der Waals surface area contributed by atoms with Crippen LogP contribution in [0.4, 0.5) is 10.5 Å². The first-order valence-corrected chi connectivity index (χ1v) is 11.2. The van der Waals surface area contributed by atoms with Crippen molar-refractivity contribution in [2.45, 2.75) is 31.2 Å². The van der Waals surface area contributed by atoms with Crippen molar-refractivity contribution in [3.05, 3.63) is 101 Å². The summed E-state index contributed by atoms with van der Waals surface area (Å²) in [6.45, 7) is 2.30. The van der Waals surface area contributed by atoms with Crippen LogP contribution in [0.3, 0.4) is 0 Å². The van der Waals surface area contributed by atoms with E-state index in [0.29, 0.717) is 24.1 Å². The summed E-state index contributed by atoms with van der Waals surface area (Å²) in [7, 11) is 0. The molecule has 0 fully saturated rings. The summed E-state index contributed by atoms with van der Waals surface area (Å²) < 4.78 is 0. The van der Waals surface area contributed by atoms with Crippen LogP contribution < -0.4 is 16.0 Å². The van der Waals surface area contributed by atoms with Crippen LogP contribution in [0.2, 0.25) is 0 Å². The van der Waals surface area contributed by atoms with Gasteiger partial charge in [-0.15, -0.1) is 0 Å². The standard InChI is InChI=1S/C27H27N3O2/c1-17(29-27(32)30-19-9-3-2-4-10-19)26(31)28-16-18-15-24-20-11-5-7-13-22(20)25(18)23-14-8-6-12-21(23)24/h2-14,17-18,24-25H,15-16H2,1H3,(H,28,31)(H2,29,30,32)/t17-,18+,24?,25?/m0/s1. The first kappa shape index (κ1) is 20.3. The van der Waals surface area contributed by atoms with E-state index in [1.54, 1.807) is 19.1 Å². The van der Waals surface area contributed by atoms with Crippen LogP contribution in [0.1, 0.15) is 47.4 Å². The molecule has 3 aromatic rings. The maximum Gasteiger partial charge on any atom is 0.319 e. The van der Waals surface area contributed by atoms with E-state index in [1.165, 1.54) is 22.3 Å². The lowest BCUT2D eigenvalue weighted by Gasteiger charge is -2.45. The lowest BCUT2D eigenvalue weighted by atomic mass is 9.59. The fourth-order valence-electron chi connectivity index (χ4n) is 5.30. The van der Waals surface area contributed by atoms with Gasteiger partial charge in [0.05, 0.1) is 0 Å². The molecule has 5 heteroatoms. The van der Waals surface area contributed by atoms with E-state index in [2.05, 4.69) is 64.5 Å². The molecular formula is C27H27N3O2. The van der Waals surface area contributed by atoms with Crippen molar-refractivity contribution in [2.24, 2.45) is 5.92 Å². The van der Waals surface area contributed by atoms with E-state index in [1.807, 2.05) is 18.2 Å². The fourth-order valence-corrected chi connectivity index (χ4v) is 5.30. The van der Waals surface area contributed by atoms with Crippen LogP contribution in [0.15, 0.2) is 78.9 Å². The summed E-state index contributed by atoms with van der Waals surface area (Å²) in [5, 5.41) is 8.55. The molecule has 0 saturated carbocycles. The molecule has 0 saturated heterocycles. The first-order valence-electron chi connectivity index (χ1n) is 11.2. The van der Waals surface area contributed by atoms with Crippen LogP contribution in [0, 0.1) is 5.92 Å². The Bertz CT molecular complexity index is 1100. The predicted octanol–water partition coefficient (Wildman–Crippen LogP) is 4.61. The van der Waals surface area contributed by atoms with Gasteiger partial charge < -0.3 is 16.0 Å². The van der Waals surface area contributed by atoms with Gasteiger partial charge in [-0.1, -0.05) is 66.7 Å². The summed E-state index contributed by atoms with van der Waals surface area (Å²) in [5.41, 5.74) is 6.30. The molecule has 0 heterocycles. The molecule has 3 amide bonds. The van der Waals surface area contributed by atoms with Gasteiger partial charge in [0, 0.05) is 24.1 Å². The highest BCUT2D eigenvalue weighted by molar-refractivity contribution is 5.93. The number of fused-ring (bicyclic) bond motifs is 1. The summed E-state index contributed by atoms with van der Waals surface area (Å²) in [5.74, 6) is 0.828. The molecule has 5 nitrogen and oxygen atoms in total. The Kier molecular flexibility index (Phi) is 5.39. The number of rotatable bonds is 5. The SMILES string of the molecule is C[C@H](NC(=O)Nc1ccccc1)C(=O)NC[C@H]1CC2c3ccccc3C1c1ccccc12. The number of carbonyl (C=O) groups excluding carboxylic acids is 2. The van der Waals surface area contributed by atoms with Gasteiger partial charge >= 0.3 is 6.03 Å². The van der Waals surface area contributed by atoms with Gasteiger partial charge in [0.1, 0.15) is 6.04 Å². The third-order valence-electron chi connectivity index (χ3n) is 6.73. The van der Waals surface area contributed by atoms with Crippen molar-refractivity contribution in [3.8, 4) is 0 Å². The highest BCUT2D eigenvalue weighted by Gasteiger charge is 2.42. The lowest BCUT2D eigenvalue weighted by molar-refractivity contribution is -0.122. The quantitative estimate of drug-likeness (QED) is 0.559. The smallest absolute Gasteiger partial charge is 0.319 e. The Labute approximate surface area is 188 Å². The van der Waals surface area contributed by atoms with Gasteiger partial charge in [-0.05, 0) is 53.6 Å². The van der Waals surface area contributed by atoms with Crippen LogP contribution in [-0.4, -0.2) is 24.5 Å². The minimum atomic E-state index is -0.626. The van der Waals surface area contributed by atoms with E-state index < -0.39 is 12.1 Å². The number of nitrogens with one attached hydrogen (secondary N) is 3. The number of carbonyl (C=O) groups is 2. The zero-order valence-electron chi connectivity index (χ0n) is 18.0. The van der Waals surface area contributed by atoms with Gasteiger partial charge in [-0.25, -0.2) is 4.79 Å². The minimum Gasteiger partial charge on any atom is -0.354 e. The average Bonchev–Trinajstić information content (AvgIpc) is 2.83. The van der Waals surface area contributed by atoms with Crippen molar-refractivity contribution >= 4 is 17.6 Å². The van der Waals surface area contributed by atoms with E-state index in [-0.39, 0.29) is 11.8 Å². The molecule has 3 N–H and O–H groups in total. The highest BCUT2D eigenvalue weighted by Crippen LogP contribution is 2.55. The third-order valence-corrected chi connectivity index (χ3v) is 6.73. The lowest BCUT2D eigenvalue weighted by Crippen LogP contribution is -2.48. The number of amides is 3. The zero-order valence-corrected chi connectivity index (χ0v) is 18.0. The zero-order chi connectivity index (χ0) is 22.1. The Morgan fingerprint density at radius 1 is 0.844 bits per heavy atom. The molecule has 0 aromatic heterocycles. The molecule has 6 rings (SSSR count). The second kappa shape index (κ2) is 8.50. The number of anilines is 1. The number of urea groups is 1. The van der Waals surface area contributed by atoms with Gasteiger partial charge in [0.15, 0.2) is 0 Å². The Morgan fingerprint density at radius 3 is 2.03 bits per heavy atom. The molecule has 162 valence electrons. The molecule has 0 spiro atoms. The van der Waals surface area contributed by atoms with Crippen molar-refractivity contribution in [1.82, 2.24) is 10.6 Å². The molecular weight excluding hydrogens is 398 g/mol. The van der Waals surface area contributed by atoms with Crippen molar-refractivity contribution in [1.29, 1.82) is 0 Å². The topological polar surface area (TPSA) is 70.2 Å². The predicted molar refractivity (Wildman–Crippen MR) is 126 cm³/mol. The maximum atomic E-state index is 12.7. The molecule has 0 radical (unpaired) electrons. The molecule has 3 aromatic carbocycles. The Morgan fingerprint density at radius 2 is 1.41 bits per heavy atom. The van der Waals surface area contributed by atoms with Gasteiger partial charge in [-0.3, -0.25) is 4.79 Å². The molecule has 2 atom stereocenters. The summed E-state index contributed by atoms with van der Waals surface area (Å²) >= 11 is 0. The normalized spacial score (nSPS) is 21.1. The van der Waals surface area contributed by atoms with E-state index in [4.69, 9.17) is 0 Å². The molecule has 3 aliphatic rings. The largest absolute Gasteiger partial charge is 0.354 e. The van der Waals surface area contributed by atoms with Gasteiger partial charge in [0.25, 0.3) is 0 Å². The van der Waals surface area contributed by atoms with E-state index in [9.17, 15) is 9.59 Å². The summed E-state index contributed by atoms with van der Waals surface area (Å²) in [4.78, 5) is 24.9. The average molecular weight is 426 g/mol. The van der Waals surface area contributed by atoms with Crippen LogP contribution >= 0.6 is 0 Å². The monoisotopic (exact) mass is 425 g/mol. The van der Waals surface area contributed by atoms with Gasteiger partial charge in [-0.2, -0.15) is 0 Å². The molecule has 3 aliphatic carbocycles. The van der Waals surface area contributed by atoms with Crippen LogP contribution in [0.25, 0.3) is 0 Å². The van der Waals surface area contributed by atoms with E-state index in [0.717, 1.165) is 6.42 Å². The second-order valence-electron chi connectivity index (χ2n) is 8.72. The Balaban J connectivity index is 1.24. The van der Waals surface area contributed by atoms with Crippen molar-refractivity contribution < 1.29 is 9.59 Å². The van der Waals surface area contributed by atoms with Crippen molar-refractivity contribution in [2.75, 3.05) is 11.9 Å². The molecule has 32 heavy (non-hydrogen) atoms. The van der Waals surface area contributed by atoms with E-state index >= 15 is 0 Å². The first-order chi connectivity index (χ1) is 15.6. The number of benzene rings is 3. The minimum absolute atomic E-state index is 0.170. The fraction of sp³-hybridized carbons (Fsp3) is 0.259. The summed E-state index contributed by atoms with van der Waals surface area (Å²) in [6.07, 6.45) is 1.02. The maximum absolute atomic E-state index is 12.7. The van der Waals surface area contributed by atoms with Crippen LogP contribution in [0.5, 0.6) is 0 Å². The number of hydrogen-bond donors (Lipinski definition) is 3. The second-order valence-corrected chi connectivity index (χ2v) is 8.72. The number of para-hydroxylation sites is 1. The molecule has 2 bridgehead atoms. The highest BCUT2D eigenvalue weighted by atomic mass is 16.2. The number of hydrogen-bond acceptors (Lipinski definition) is 2. The third kappa shape index (κ3) is 3.75. The van der Waals surface area contributed by atoms with Crippen LogP contribution in [-0.2, 0) is 4.79 Å². The Hall–Kier alpha value is -3.60. The molecule has 0 unspecified atom stereocenters. The summed E-state index contributed by atoms with van der Waals surface area (Å²) in [6, 6.07) is 25.6. The molecule has 0 aliphatic heterocycles. The van der Waals surface area contributed by atoms with Crippen molar-refractivity contribution in [3.63, 3.8) is 0 Å². The van der Waals surface area contributed by atoms with Gasteiger partial charge in [0.2, 0.25) is 5.91 Å².